The summed E-state index contributed by atoms with van der Waals surface area (Å²) < 4.78 is 1.04. The molecule has 4 heteroatoms. The van der Waals surface area contributed by atoms with Gasteiger partial charge in [-0.3, -0.25) is 0 Å². The van der Waals surface area contributed by atoms with Gasteiger partial charge in [-0.2, -0.15) is 0 Å². The van der Waals surface area contributed by atoms with E-state index >= 15 is 0 Å². The number of halogens is 1. The lowest BCUT2D eigenvalue weighted by atomic mass is 10.1. The molecule has 96 valence electrons. The third-order valence-electron chi connectivity index (χ3n) is 3.06. The Morgan fingerprint density at radius 1 is 1.16 bits per heavy atom. The van der Waals surface area contributed by atoms with Gasteiger partial charge in [0.15, 0.2) is 5.13 Å². The van der Waals surface area contributed by atoms with Crippen LogP contribution in [0.3, 0.4) is 0 Å². The molecule has 0 saturated carbocycles. The molecule has 19 heavy (non-hydrogen) atoms. The second-order valence-electron chi connectivity index (χ2n) is 4.39. The van der Waals surface area contributed by atoms with Crippen molar-refractivity contribution < 1.29 is 0 Å². The maximum atomic E-state index is 6.16. The van der Waals surface area contributed by atoms with Crippen molar-refractivity contribution in [3.05, 3.63) is 58.6 Å². The standard InChI is InChI=1S/C15H13ClN2S/c1-10-5-2-3-6-11(10)9-17-15-18-13-8-4-7-12(16)14(13)19-15/h2-8H,9H2,1H3,(H,17,18). The number of thiazole rings is 1. The quantitative estimate of drug-likeness (QED) is 0.744. The predicted octanol–water partition coefficient (Wildman–Crippen LogP) is 4.87. The molecule has 0 spiro atoms. The molecule has 1 N–H and O–H groups in total. The van der Waals surface area contributed by atoms with Crippen LogP contribution in [0.4, 0.5) is 5.13 Å². The molecule has 1 aromatic heterocycles. The highest BCUT2D eigenvalue weighted by Gasteiger charge is 2.06. The summed E-state index contributed by atoms with van der Waals surface area (Å²) in [5, 5.41) is 5.04. The minimum atomic E-state index is 0.763. The number of hydrogen-bond acceptors (Lipinski definition) is 3. The van der Waals surface area contributed by atoms with Crippen molar-refractivity contribution in [2.24, 2.45) is 0 Å². The van der Waals surface area contributed by atoms with Gasteiger partial charge in [0.05, 0.1) is 15.2 Å². The monoisotopic (exact) mass is 288 g/mol. The van der Waals surface area contributed by atoms with Gasteiger partial charge in [0.1, 0.15) is 0 Å². The van der Waals surface area contributed by atoms with Gasteiger partial charge < -0.3 is 5.32 Å². The first-order valence-corrected chi connectivity index (χ1v) is 7.27. The zero-order valence-electron chi connectivity index (χ0n) is 10.5. The van der Waals surface area contributed by atoms with E-state index in [2.05, 4.69) is 41.5 Å². The normalized spacial score (nSPS) is 10.8. The number of hydrogen-bond donors (Lipinski definition) is 1. The van der Waals surface area contributed by atoms with Gasteiger partial charge in [-0.15, -0.1) is 0 Å². The molecule has 1 heterocycles. The molecule has 0 aliphatic heterocycles. The van der Waals surface area contributed by atoms with Crippen molar-refractivity contribution in [1.82, 2.24) is 4.98 Å². The van der Waals surface area contributed by atoms with Crippen LogP contribution in [0.5, 0.6) is 0 Å². The van der Waals surface area contributed by atoms with Crippen molar-refractivity contribution in [2.45, 2.75) is 13.5 Å². The minimum absolute atomic E-state index is 0.763. The number of fused-ring (bicyclic) bond motifs is 1. The van der Waals surface area contributed by atoms with Crippen LogP contribution in [-0.4, -0.2) is 4.98 Å². The van der Waals surface area contributed by atoms with Gasteiger partial charge in [0.2, 0.25) is 0 Å². The van der Waals surface area contributed by atoms with Gasteiger partial charge in [-0.05, 0) is 30.2 Å². The molecule has 3 aromatic rings. The van der Waals surface area contributed by atoms with Crippen molar-refractivity contribution in [3.8, 4) is 0 Å². The molecule has 2 aromatic carbocycles. The van der Waals surface area contributed by atoms with Crippen LogP contribution in [0.15, 0.2) is 42.5 Å². The zero-order chi connectivity index (χ0) is 13.2. The predicted molar refractivity (Wildman–Crippen MR) is 83.1 cm³/mol. The first-order chi connectivity index (χ1) is 9.24. The van der Waals surface area contributed by atoms with Crippen LogP contribution < -0.4 is 5.32 Å². The Bertz CT molecular complexity index is 721. The van der Waals surface area contributed by atoms with Crippen LogP contribution >= 0.6 is 22.9 Å². The van der Waals surface area contributed by atoms with Crippen LogP contribution in [0.25, 0.3) is 10.2 Å². The molecule has 0 aliphatic carbocycles. The van der Waals surface area contributed by atoms with Crippen molar-refractivity contribution in [1.29, 1.82) is 0 Å². The van der Waals surface area contributed by atoms with E-state index in [1.165, 1.54) is 11.1 Å². The molecule has 0 saturated heterocycles. The Kier molecular flexibility index (Phi) is 3.40. The van der Waals surface area contributed by atoms with E-state index in [1.54, 1.807) is 11.3 Å². The topological polar surface area (TPSA) is 24.9 Å². The van der Waals surface area contributed by atoms with Crippen LogP contribution in [0, 0.1) is 6.92 Å². The Balaban J connectivity index is 1.83. The molecule has 3 rings (SSSR count). The summed E-state index contributed by atoms with van der Waals surface area (Å²) in [6.07, 6.45) is 0. The number of anilines is 1. The molecule has 0 aliphatic rings. The van der Waals surface area contributed by atoms with Gasteiger partial charge in [-0.1, -0.05) is 53.3 Å². The Hall–Kier alpha value is -1.58. The van der Waals surface area contributed by atoms with E-state index in [0.717, 1.165) is 26.9 Å². The average Bonchev–Trinajstić information content (AvgIpc) is 2.82. The van der Waals surface area contributed by atoms with Crippen LogP contribution in [0.2, 0.25) is 5.02 Å². The maximum absolute atomic E-state index is 6.16. The lowest BCUT2D eigenvalue weighted by Crippen LogP contribution is -2.00. The summed E-state index contributed by atoms with van der Waals surface area (Å²) >= 11 is 7.75. The number of aromatic nitrogens is 1. The van der Waals surface area contributed by atoms with E-state index in [-0.39, 0.29) is 0 Å². The minimum Gasteiger partial charge on any atom is -0.357 e. The van der Waals surface area contributed by atoms with E-state index in [0.29, 0.717) is 0 Å². The molecule has 0 amide bonds. The van der Waals surface area contributed by atoms with E-state index in [1.807, 2.05) is 18.2 Å². The summed E-state index contributed by atoms with van der Waals surface area (Å²) in [5.74, 6) is 0. The van der Waals surface area contributed by atoms with Gasteiger partial charge in [0, 0.05) is 6.54 Å². The maximum Gasteiger partial charge on any atom is 0.184 e. The Morgan fingerprint density at radius 3 is 2.79 bits per heavy atom. The van der Waals surface area contributed by atoms with Crippen LogP contribution in [-0.2, 0) is 6.54 Å². The molecule has 2 nitrogen and oxygen atoms in total. The molecular weight excluding hydrogens is 276 g/mol. The Morgan fingerprint density at radius 2 is 2.00 bits per heavy atom. The molecule has 0 fully saturated rings. The van der Waals surface area contributed by atoms with Crippen LogP contribution in [0.1, 0.15) is 11.1 Å². The molecule has 0 radical (unpaired) electrons. The first-order valence-electron chi connectivity index (χ1n) is 6.07. The molecule has 0 unspecified atom stereocenters. The lowest BCUT2D eigenvalue weighted by molar-refractivity contribution is 1.11. The fraction of sp³-hybridized carbons (Fsp3) is 0.133. The number of nitrogens with zero attached hydrogens (tertiary/aromatic N) is 1. The van der Waals surface area contributed by atoms with E-state index < -0.39 is 0 Å². The molecule has 0 bridgehead atoms. The van der Waals surface area contributed by atoms with Crippen molar-refractivity contribution in [2.75, 3.05) is 5.32 Å². The summed E-state index contributed by atoms with van der Waals surface area (Å²) in [5.41, 5.74) is 3.52. The third kappa shape index (κ3) is 2.57. The highest BCUT2D eigenvalue weighted by molar-refractivity contribution is 7.22. The molecular formula is C15H13ClN2S. The van der Waals surface area contributed by atoms with Crippen molar-refractivity contribution in [3.63, 3.8) is 0 Å². The third-order valence-corrected chi connectivity index (χ3v) is 4.55. The number of nitrogens with one attached hydrogen (secondary N) is 1. The summed E-state index contributed by atoms with van der Waals surface area (Å²) in [7, 11) is 0. The highest BCUT2D eigenvalue weighted by atomic mass is 35.5. The summed E-state index contributed by atoms with van der Waals surface area (Å²) in [6, 6.07) is 14.2. The second kappa shape index (κ2) is 5.19. The van der Waals surface area contributed by atoms with Gasteiger partial charge in [-0.25, -0.2) is 4.98 Å². The van der Waals surface area contributed by atoms with Crippen molar-refractivity contribution >= 4 is 38.3 Å². The first kappa shape index (κ1) is 12.5. The number of benzene rings is 2. The summed E-state index contributed by atoms with van der Waals surface area (Å²) in [4.78, 5) is 4.54. The van der Waals surface area contributed by atoms with E-state index in [4.69, 9.17) is 11.6 Å². The smallest absolute Gasteiger partial charge is 0.184 e. The zero-order valence-corrected chi connectivity index (χ0v) is 12.1. The Labute approximate surface area is 121 Å². The lowest BCUT2D eigenvalue weighted by Gasteiger charge is -2.05. The van der Waals surface area contributed by atoms with E-state index in [9.17, 15) is 0 Å². The highest BCUT2D eigenvalue weighted by Crippen LogP contribution is 2.31. The van der Waals surface area contributed by atoms with Gasteiger partial charge >= 0.3 is 0 Å². The van der Waals surface area contributed by atoms with Gasteiger partial charge in [0.25, 0.3) is 0 Å². The fourth-order valence-corrected chi connectivity index (χ4v) is 3.12. The second-order valence-corrected chi connectivity index (χ2v) is 5.79. The SMILES string of the molecule is Cc1ccccc1CNc1nc2cccc(Cl)c2s1. The average molecular weight is 289 g/mol. The summed E-state index contributed by atoms with van der Waals surface area (Å²) in [6.45, 7) is 2.90. The largest absolute Gasteiger partial charge is 0.357 e. The number of rotatable bonds is 3. The molecule has 0 atom stereocenters. The fourth-order valence-electron chi connectivity index (χ4n) is 1.97. The number of aryl methyl sites for hydroxylation is 1.